The van der Waals surface area contributed by atoms with Gasteiger partial charge in [-0.25, -0.2) is 9.37 Å². The molecule has 0 saturated carbocycles. The van der Waals surface area contributed by atoms with Gasteiger partial charge in [0, 0.05) is 17.5 Å². The summed E-state index contributed by atoms with van der Waals surface area (Å²) in [6.45, 7) is 4.75. The molecule has 3 rings (SSSR count). The van der Waals surface area contributed by atoms with Crippen LogP contribution in [0.3, 0.4) is 0 Å². The Bertz CT molecular complexity index is 955. The summed E-state index contributed by atoms with van der Waals surface area (Å²) >= 11 is 1.47. The molecule has 0 fully saturated rings. The van der Waals surface area contributed by atoms with Gasteiger partial charge >= 0.3 is 0 Å². The summed E-state index contributed by atoms with van der Waals surface area (Å²) in [5.41, 5.74) is 1.19. The van der Waals surface area contributed by atoms with Gasteiger partial charge in [-0.1, -0.05) is 6.08 Å². The maximum absolute atomic E-state index is 13.1. The Kier molecular flexibility index (Phi) is 6.97. The fraction of sp³-hybridized carbons (Fsp3) is 0.182. The molecular formula is C22H21FN2O3S. The van der Waals surface area contributed by atoms with Gasteiger partial charge in [0.1, 0.15) is 28.9 Å². The zero-order valence-electron chi connectivity index (χ0n) is 16.0. The van der Waals surface area contributed by atoms with E-state index in [1.54, 1.807) is 18.1 Å². The van der Waals surface area contributed by atoms with Crippen molar-refractivity contribution in [1.29, 1.82) is 0 Å². The Morgan fingerprint density at radius 3 is 2.52 bits per heavy atom. The molecule has 5 nitrogen and oxygen atoms in total. The van der Waals surface area contributed by atoms with Crippen LogP contribution >= 0.6 is 11.3 Å². The molecule has 0 unspecified atom stereocenters. The molecular weight excluding hydrogens is 391 g/mol. The highest BCUT2D eigenvalue weighted by atomic mass is 32.1. The molecule has 150 valence electrons. The van der Waals surface area contributed by atoms with Crippen LogP contribution in [0, 0.1) is 5.82 Å². The second-order valence-electron chi connectivity index (χ2n) is 6.18. The number of amides is 1. The predicted octanol–water partition coefficient (Wildman–Crippen LogP) is 4.70. The average Bonchev–Trinajstić information content (AvgIpc) is 3.20. The van der Waals surface area contributed by atoms with Crippen molar-refractivity contribution in [2.45, 2.75) is 13.2 Å². The highest BCUT2D eigenvalue weighted by Gasteiger charge is 2.16. The number of nitrogens with zero attached hydrogens (tertiary/aromatic N) is 2. The first kappa shape index (κ1) is 20.5. The predicted molar refractivity (Wildman–Crippen MR) is 111 cm³/mol. The maximum atomic E-state index is 13.1. The smallest absolute Gasteiger partial charge is 0.254 e. The number of halogens is 1. The molecule has 1 heterocycles. The van der Waals surface area contributed by atoms with Crippen molar-refractivity contribution in [1.82, 2.24) is 9.88 Å². The quantitative estimate of drug-likeness (QED) is 0.478. The summed E-state index contributed by atoms with van der Waals surface area (Å²) in [5.74, 6) is 0.913. The second kappa shape index (κ2) is 9.84. The Morgan fingerprint density at radius 2 is 1.86 bits per heavy atom. The van der Waals surface area contributed by atoms with E-state index in [9.17, 15) is 9.18 Å². The lowest BCUT2D eigenvalue weighted by Gasteiger charge is -2.20. The number of carbonyl (C=O) groups is 1. The Morgan fingerprint density at radius 1 is 1.17 bits per heavy atom. The standard InChI is InChI=1S/C22H21FN2O3S/c1-3-12-25(22(26)16-4-6-17(23)7-5-16)13-18-15-29-21(24-18)14-28-20-10-8-19(27-2)9-11-20/h3-11,15H,1,12-14H2,2H3. The monoisotopic (exact) mass is 412 g/mol. The molecule has 29 heavy (non-hydrogen) atoms. The third kappa shape index (κ3) is 5.65. The van der Waals surface area contributed by atoms with Gasteiger partial charge in [0.25, 0.3) is 5.91 Å². The van der Waals surface area contributed by atoms with Crippen LogP contribution in [0.1, 0.15) is 21.1 Å². The van der Waals surface area contributed by atoms with E-state index >= 15 is 0 Å². The molecule has 7 heteroatoms. The Labute approximate surface area is 173 Å². The average molecular weight is 412 g/mol. The zero-order chi connectivity index (χ0) is 20.6. The van der Waals surface area contributed by atoms with E-state index in [0.29, 0.717) is 25.3 Å². The number of rotatable bonds is 9. The molecule has 0 radical (unpaired) electrons. The fourth-order valence-electron chi connectivity index (χ4n) is 2.65. The SMILES string of the molecule is C=CCN(Cc1csc(COc2ccc(OC)cc2)n1)C(=O)c1ccc(F)cc1. The van der Waals surface area contributed by atoms with Gasteiger partial charge in [0.05, 0.1) is 19.3 Å². The molecule has 0 aliphatic carbocycles. The van der Waals surface area contributed by atoms with Crippen molar-refractivity contribution in [3.63, 3.8) is 0 Å². The van der Waals surface area contributed by atoms with Crippen LogP contribution in [-0.2, 0) is 13.2 Å². The van der Waals surface area contributed by atoms with Crippen LogP contribution in [0.4, 0.5) is 4.39 Å². The molecule has 2 aromatic carbocycles. The van der Waals surface area contributed by atoms with Crippen LogP contribution in [0.25, 0.3) is 0 Å². The summed E-state index contributed by atoms with van der Waals surface area (Å²) in [6, 6.07) is 12.8. The van der Waals surface area contributed by atoms with Crippen LogP contribution < -0.4 is 9.47 Å². The number of thiazole rings is 1. The van der Waals surface area contributed by atoms with Crippen LogP contribution in [0.15, 0.2) is 66.6 Å². The number of hydrogen-bond donors (Lipinski definition) is 0. The first-order valence-corrected chi connectivity index (χ1v) is 9.83. The molecule has 0 spiro atoms. The van der Waals surface area contributed by atoms with Gasteiger partial charge in [0.15, 0.2) is 0 Å². The summed E-state index contributed by atoms with van der Waals surface area (Å²) in [4.78, 5) is 18.9. The minimum atomic E-state index is -0.377. The highest BCUT2D eigenvalue weighted by Crippen LogP contribution is 2.20. The summed E-state index contributed by atoms with van der Waals surface area (Å²) in [6.07, 6.45) is 1.65. The molecule has 1 aromatic heterocycles. The minimum absolute atomic E-state index is 0.200. The molecule has 0 saturated heterocycles. The maximum Gasteiger partial charge on any atom is 0.254 e. The zero-order valence-corrected chi connectivity index (χ0v) is 16.8. The second-order valence-corrected chi connectivity index (χ2v) is 7.12. The third-order valence-electron chi connectivity index (χ3n) is 4.10. The molecule has 0 aliphatic heterocycles. The number of methoxy groups -OCH3 is 1. The lowest BCUT2D eigenvalue weighted by atomic mass is 10.2. The van der Waals surface area contributed by atoms with E-state index in [-0.39, 0.29) is 11.7 Å². The Hall–Kier alpha value is -3.19. The summed E-state index contributed by atoms with van der Waals surface area (Å²) in [7, 11) is 1.61. The normalized spacial score (nSPS) is 10.4. The van der Waals surface area contributed by atoms with Crippen LogP contribution in [0.2, 0.25) is 0 Å². The lowest BCUT2D eigenvalue weighted by molar-refractivity contribution is 0.0761. The van der Waals surface area contributed by atoms with E-state index in [1.165, 1.54) is 35.6 Å². The number of benzene rings is 2. The van der Waals surface area contributed by atoms with Crippen LogP contribution in [-0.4, -0.2) is 29.4 Å². The molecule has 0 atom stereocenters. The minimum Gasteiger partial charge on any atom is -0.497 e. The van der Waals surface area contributed by atoms with Crippen molar-refractivity contribution in [3.05, 3.63) is 88.6 Å². The summed E-state index contributed by atoms with van der Waals surface area (Å²) in [5, 5.41) is 2.71. The third-order valence-corrected chi connectivity index (χ3v) is 4.97. The molecule has 0 bridgehead atoms. The van der Waals surface area contributed by atoms with Gasteiger partial charge in [-0.15, -0.1) is 17.9 Å². The van der Waals surface area contributed by atoms with E-state index in [1.807, 2.05) is 29.6 Å². The van der Waals surface area contributed by atoms with Crippen molar-refractivity contribution in [2.75, 3.05) is 13.7 Å². The van der Waals surface area contributed by atoms with Gasteiger partial charge < -0.3 is 14.4 Å². The van der Waals surface area contributed by atoms with Crippen molar-refractivity contribution >= 4 is 17.2 Å². The molecule has 3 aromatic rings. The lowest BCUT2D eigenvalue weighted by Crippen LogP contribution is -2.30. The topological polar surface area (TPSA) is 51.7 Å². The highest BCUT2D eigenvalue weighted by molar-refractivity contribution is 7.09. The van der Waals surface area contributed by atoms with Gasteiger partial charge in [-0.05, 0) is 48.5 Å². The van der Waals surface area contributed by atoms with Gasteiger partial charge in [-0.2, -0.15) is 0 Å². The number of aromatic nitrogens is 1. The van der Waals surface area contributed by atoms with Gasteiger partial charge in [0.2, 0.25) is 0 Å². The van der Waals surface area contributed by atoms with E-state index in [4.69, 9.17) is 9.47 Å². The summed E-state index contributed by atoms with van der Waals surface area (Å²) < 4.78 is 24.0. The number of hydrogen-bond acceptors (Lipinski definition) is 5. The Balaban J connectivity index is 1.62. The van der Waals surface area contributed by atoms with E-state index in [2.05, 4.69) is 11.6 Å². The van der Waals surface area contributed by atoms with Gasteiger partial charge in [-0.3, -0.25) is 4.79 Å². The fourth-order valence-corrected chi connectivity index (χ4v) is 3.35. The van der Waals surface area contributed by atoms with E-state index in [0.717, 1.165) is 22.2 Å². The largest absolute Gasteiger partial charge is 0.497 e. The first-order chi connectivity index (χ1) is 14.1. The molecule has 0 aliphatic rings. The number of carbonyl (C=O) groups excluding carboxylic acids is 1. The first-order valence-electron chi connectivity index (χ1n) is 8.95. The number of ether oxygens (including phenoxy) is 2. The van der Waals surface area contributed by atoms with E-state index < -0.39 is 0 Å². The van der Waals surface area contributed by atoms with Crippen LogP contribution in [0.5, 0.6) is 11.5 Å². The molecule has 1 amide bonds. The van der Waals surface area contributed by atoms with Crippen molar-refractivity contribution in [3.8, 4) is 11.5 Å². The van der Waals surface area contributed by atoms with Crippen molar-refractivity contribution < 1.29 is 18.7 Å². The van der Waals surface area contributed by atoms with Crippen molar-refractivity contribution in [2.24, 2.45) is 0 Å². The molecule has 0 N–H and O–H groups in total.